The van der Waals surface area contributed by atoms with Crippen LogP contribution in [-0.2, 0) is 11.3 Å². The van der Waals surface area contributed by atoms with E-state index in [1.165, 1.54) is 4.90 Å². The summed E-state index contributed by atoms with van der Waals surface area (Å²) in [5.74, 6) is -0.157. The molecule has 2 aromatic heterocycles. The third-order valence-electron chi connectivity index (χ3n) is 5.07. The summed E-state index contributed by atoms with van der Waals surface area (Å²) in [6, 6.07) is 11.9. The van der Waals surface area contributed by atoms with Crippen LogP contribution in [0.3, 0.4) is 0 Å². The van der Waals surface area contributed by atoms with Gasteiger partial charge in [-0.15, -0.1) is 0 Å². The van der Waals surface area contributed by atoms with E-state index in [0.717, 1.165) is 35.1 Å². The number of primary amides is 1. The minimum atomic E-state index is -0.422. The molecule has 2 amide bonds. The molecule has 1 aliphatic rings. The predicted octanol–water partition coefficient (Wildman–Crippen LogP) is 2.30. The smallest absolute Gasteiger partial charge is 0.254 e. The lowest BCUT2D eigenvalue weighted by Crippen LogP contribution is -2.30. The molecule has 1 aromatic carbocycles. The van der Waals surface area contributed by atoms with Crippen molar-refractivity contribution < 1.29 is 9.59 Å². The summed E-state index contributed by atoms with van der Waals surface area (Å²) < 4.78 is 1.84. The summed E-state index contributed by atoms with van der Waals surface area (Å²) in [5, 5.41) is 5.23. The Morgan fingerprint density at radius 2 is 2.00 bits per heavy atom. The molecule has 28 heavy (non-hydrogen) atoms. The molecule has 0 spiro atoms. The van der Waals surface area contributed by atoms with Crippen LogP contribution in [0.5, 0.6) is 0 Å². The summed E-state index contributed by atoms with van der Waals surface area (Å²) in [6.07, 6.45) is 4.03. The van der Waals surface area contributed by atoms with Crippen LogP contribution in [0, 0.1) is 0 Å². The van der Waals surface area contributed by atoms with Gasteiger partial charge in [0.25, 0.3) is 5.91 Å². The van der Waals surface area contributed by atoms with Crippen LogP contribution >= 0.6 is 0 Å². The lowest BCUT2D eigenvalue weighted by atomic mass is 10.1. The number of hydrogen-bond acceptors (Lipinski definition) is 4. The summed E-state index contributed by atoms with van der Waals surface area (Å²) in [5.41, 5.74) is 8.58. The number of aromatic nitrogens is 3. The summed E-state index contributed by atoms with van der Waals surface area (Å²) in [7, 11) is 1.68. The van der Waals surface area contributed by atoms with Gasteiger partial charge in [0.15, 0.2) is 5.65 Å². The van der Waals surface area contributed by atoms with Gasteiger partial charge in [0.2, 0.25) is 5.91 Å². The van der Waals surface area contributed by atoms with Crippen LogP contribution in [0.2, 0.25) is 0 Å². The van der Waals surface area contributed by atoms with E-state index < -0.39 is 5.91 Å². The first kappa shape index (κ1) is 18.2. The van der Waals surface area contributed by atoms with E-state index in [2.05, 4.69) is 5.10 Å². The second kappa shape index (κ2) is 7.42. The van der Waals surface area contributed by atoms with Crippen LogP contribution in [0.1, 0.15) is 46.8 Å². The van der Waals surface area contributed by atoms with Crippen molar-refractivity contribution in [1.82, 2.24) is 19.7 Å². The molecule has 144 valence electrons. The quantitative estimate of drug-likeness (QED) is 0.684. The Balaban J connectivity index is 1.71. The number of rotatable bonds is 7. The Bertz CT molecular complexity index is 1020. The molecule has 0 aliphatic heterocycles. The van der Waals surface area contributed by atoms with Gasteiger partial charge >= 0.3 is 0 Å². The van der Waals surface area contributed by atoms with Crippen LogP contribution < -0.4 is 5.73 Å². The van der Waals surface area contributed by atoms with Crippen molar-refractivity contribution in [3.63, 3.8) is 0 Å². The molecule has 2 heterocycles. The van der Waals surface area contributed by atoms with Crippen molar-refractivity contribution in [2.24, 2.45) is 5.73 Å². The van der Waals surface area contributed by atoms with Crippen molar-refractivity contribution in [3.05, 3.63) is 59.4 Å². The summed E-state index contributed by atoms with van der Waals surface area (Å²) in [4.78, 5) is 30.5. The maximum Gasteiger partial charge on any atom is 0.254 e. The number of pyridine rings is 1. The van der Waals surface area contributed by atoms with Crippen molar-refractivity contribution in [2.45, 2.75) is 31.7 Å². The van der Waals surface area contributed by atoms with Gasteiger partial charge in [-0.25, -0.2) is 9.67 Å². The van der Waals surface area contributed by atoms with Crippen LogP contribution in [0.4, 0.5) is 0 Å². The fourth-order valence-corrected chi connectivity index (χ4v) is 3.29. The Morgan fingerprint density at radius 1 is 1.25 bits per heavy atom. The minimum Gasteiger partial charge on any atom is -0.370 e. The van der Waals surface area contributed by atoms with Crippen LogP contribution in [0.25, 0.3) is 11.0 Å². The fourth-order valence-electron chi connectivity index (χ4n) is 3.29. The topological polar surface area (TPSA) is 94.1 Å². The average molecular weight is 377 g/mol. The first-order valence-corrected chi connectivity index (χ1v) is 9.47. The van der Waals surface area contributed by atoms with E-state index in [4.69, 9.17) is 10.7 Å². The lowest BCUT2D eigenvalue weighted by Gasteiger charge is -2.17. The Labute approximate surface area is 163 Å². The third-order valence-corrected chi connectivity index (χ3v) is 5.07. The SMILES string of the molecule is CN(CCC(N)=O)C(=O)c1cc(C2CC2)nc2c1cnn2Cc1ccccc1. The molecule has 7 nitrogen and oxygen atoms in total. The molecule has 1 saturated carbocycles. The van der Waals surface area contributed by atoms with E-state index in [9.17, 15) is 9.59 Å². The Hall–Kier alpha value is -3.22. The summed E-state index contributed by atoms with van der Waals surface area (Å²) in [6.45, 7) is 0.880. The molecule has 0 radical (unpaired) electrons. The van der Waals surface area contributed by atoms with E-state index >= 15 is 0 Å². The molecule has 7 heteroatoms. The highest BCUT2D eigenvalue weighted by Crippen LogP contribution is 2.40. The largest absolute Gasteiger partial charge is 0.370 e. The predicted molar refractivity (Wildman–Crippen MR) is 106 cm³/mol. The number of hydrogen-bond donors (Lipinski definition) is 1. The number of carbonyl (C=O) groups excluding carboxylic acids is 2. The fraction of sp³-hybridized carbons (Fsp3) is 0.333. The van der Waals surface area contributed by atoms with Gasteiger partial charge in [0.1, 0.15) is 0 Å². The van der Waals surface area contributed by atoms with Gasteiger partial charge in [0.05, 0.1) is 23.7 Å². The average Bonchev–Trinajstić information content (AvgIpc) is 3.48. The van der Waals surface area contributed by atoms with Crippen molar-refractivity contribution in [2.75, 3.05) is 13.6 Å². The van der Waals surface area contributed by atoms with Gasteiger partial charge in [-0.1, -0.05) is 30.3 Å². The number of amides is 2. The molecule has 1 fully saturated rings. The van der Waals surface area contributed by atoms with Crippen LogP contribution in [0.15, 0.2) is 42.6 Å². The molecule has 3 aromatic rings. The first-order chi connectivity index (χ1) is 13.5. The highest BCUT2D eigenvalue weighted by Gasteiger charge is 2.28. The molecule has 4 rings (SSSR count). The number of carbonyl (C=O) groups is 2. The molecule has 0 unspecified atom stereocenters. The summed E-state index contributed by atoms with van der Waals surface area (Å²) >= 11 is 0. The molecule has 1 aliphatic carbocycles. The zero-order valence-corrected chi connectivity index (χ0v) is 15.8. The molecular formula is C21H23N5O2. The Kier molecular flexibility index (Phi) is 4.81. The van der Waals surface area contributed by atoms with Gasteiger partial charge in [0, 0.05) is 31.6 Å². The van der Waals surface area contributed by atoms with E-state index in [1.54, 1.807) is 13.2 Å². The highest BCUT2D eigenvalue weighted by atomic mass is 16.2. The van der Waals surface area contributed by atoms with Gasteiger partial charge in [-0.05, 0) is 24.5 Å². The zero-order valence-electron chi connectivity index (χ0n) is 15.8. The molecular weight excluding hydrogens is 354 g/mol. The lowest BCUT2D eigenvalue weighted by molar-refractivity contribution is -0.118. The van der Waals surface area contributed by atoms with Crippen molar-refractivity contribution >= 4 is 22.8 Å². The van der Waals surface area contributed by atoms with Crippen molar-refractivity contribution in [1.29, 1.82) is 0 Å². The monoisotopic (exact) mass is 377 g/mol. The van der Waals surface area contributed by atoms with Gasteiger partial charge < -0.3 is 10.6 Å². The standard InChI is InChI=1S/C21H23N5O2/c1-25(10-9-19(22)27)21(28)16-11-18(15-7-8-15)24-20-17(16)12-23-26(20)13-14-5-3-2-4-6-14/h2-6,11-12,15H,7-10,13H2,1H3,(H2,22,27). The minimum absolute atomic E-state index is 0.138. The Morgan fingerprint density at radius 3 is 2.68 bits per heavy atom. The highest BCUT2D eigenvalue weighted by molar-refractivity contribution is 6.05. The number of nitrogens with zero attached hydrogens (tertiary/aromatic N) is 4. The normalized spacial score (nSPS) is 13.6. The van der Waals surface area contributed by atoms with E-state index in [0.29, 0.717) is 18.0 Å². The molecule has 0 saturated heterocycles. The van der Waals surface area contributed by atoms with E-state index in [1.807, 2.05) is 41.1 Å². The second-order valence-corrected chi connectivity index (χ2v) is 7.34. The number of benzene rings is 1. The maximum absolute atomic E-state index is 13.0. The third kappa shape index (κ3) is 3.74. The number of nitrogens with two attached hydrogens (primary N) is 1. The molecule has 0 atom stereocenters. The maximum atomic E-state index is 13.0. The first-order valence-electron chi connectivity index (χ1n) is 9.47. The molecule has 2 N–H and O–H groups in total. The second-order valence-electron chi connectivity index (χ2n) is 7.34. The number of fused-ring (bicyclic) bond motifs is 1. The van der Waals surface area contributed by atoms with Crippen molar-refractivity contribution in [3.8, 4) is 0 Å². The zero-order chi connectivity index (χ0) is 19.7. The van der Waals surface area contributed by atoms with Gasteiger partial charge in [-0.2, -0.15) is 5.10 Å². The van der Waals surface area contributed by atoms with Gasteiger partial charge in [-0.3, -0.25) is 9.59 Å². The van der Waals surface area contributed by atoms with Crippen LogP contribution in [-0.4, -0.2) is 45.1 Å². The van der Waals surface area contributed by atoms with E-state index in [-0.39, 0.29) is 18.9 Å². The molecule has 0 bridgehead atoms.